The van der Waals surface area contributed by atoms with Gasteiger partial charge in [0.2, 0.25) is 11.8 Å². The molecule has 4 rings (SSSR count). The molecule has 1 aliphatic heterocycles. The molecule has 0 aromatic heterocycles. The summed E-state index contributed by atoms with van der Waals surface area (Å²) in [5.74, 6) is -1.18. The zero-order valence-corrected chi connectivity index (χ0v) is 20.4. The molecule has 3 N–H and O–H groups in total. The molecule has 35 heavy (non-hydrogen) atoms. The average Bonchev–Trinajstić information content (AvgIpc) is 3.45. The highest BCUT2D eigenvalue weighted by atomic mass is 16.5. The molecule has 1 aliphatic carbocycles. The number of rotatable bonds is 8. The summed E-state index contributed by atoms with van der Waals surface area (Å²) >= 11 is 0. The molecule has 2 aromatic carbocycles. The number of methoxy groups -OCH3 is 1. The van der Waals surface area contributed by atoms with Crippen molar-refractivity contribution in [2.75, 3.05) is 20.3 Å². The van der Waals surface area contributed by atoms with Gasteiger partial charge in [-0.25, -0.2) is 4.79 Å². The molecular weight excluding hydrogens is 446 g/mol. The summed E-state index contributed by atoms with van der Waals surface area (Å²) in [6.45, 7) is 4.23. The van der Waals surface area contributed by atoms with Gasteiger partial charge in [-0.15, -0.1) is 0 Å². The lowest BCUT2D eigenvalue weighted by molar-refractivity contribution is -0.140. The quantitative estimate of drug-likeness (QED) is 0.605. The maximum atomic E-state index is 13.4. The molecule has 0 spiro atoms. The van der Waals surface area contributed by atoms with Crippen molar-refractivity contribution in [1.29, 1.82) is 0 Å². The van der Waals surface area contributed by atoms with Gasteiger partial charge in [0.15, 0.2) is 0 Å². The van der Waals surface area contributed by atoms with E-state index in [-0.39, 0.29) is 37.0 Å². The molecule has 0 unspecified atom stereocenters. The summed E-state index contributed by atoms with van der Waals surface area (Å²) < 4.78 is 11.0. The van der Waals surface area contributed by atoms with Crippen LogP contribution in [0.25, 0.3) is 11.1 Å². The number of fused-ring (bicyclic) bond motifs is 3. The fourth-order valence-electron chi connectivity index (χ4n) is 5.11. The van der Waals surface area contributed by atoms with Gasteiger partial charge in [0.05, 0.1) is 6.10 Å². The molecule has 0 saturated carbocycles. The molecule has 8 heteroatoms. The number of likely N-dealkylation sites (tertiary alicyclic amines) is 1. The third-order valence-corrected chi connectivity index (χ3v) is 7.30. The number of hydrogen-bond acceptors (Lipinski definition) is 5. The van der Waals surface area contributed by atoms with E-state index in [0.717, 1.165) is 22.3 Å². The second-order valence-corrected chi connectivity index (χ2v) is 9.34. The molecule has 2 aromatic rings. The van der Waals surface area contributed by atoms with E-state index in [1.54, 1.807) is 0 Å². The van der Waals surface area contributed by atoms with Crippen molar-refractivity contribution in [1.82, 2.24) is 10.2 Å². The van der Waals surface area contributed by atoms with E-state index in [0.29, 0.717) is 12.8 Å². The number of carbonyl (C=O) groups is 3. The van der Waals surface area contributed by atoms with Crippen molar-refractivity contribution in [3.63, 3.8) is 0 Å². The second kappa shape index (κ2) is 10.5. The Bertz CT molecular complexity index is 1060. The molecule has 1 fully saturated rings. The summed E-state index contributed by atoms with van der Waals surface area (Å²) in [7, 11) is 1.54. The number of alkyl carbamates (subject to hydrolysis) is 1. The summed E-state index contributed by atoms with van der Waals surface area (Å²) in [6.07, 6.45) is 0.0607. The molecule has 8 nitrogen and oxygen atoms in total. The van der Waals surface area contributed by atoms with Crippen LogP contribution in [0.5, 0.6) is 0 Å². The van der Waals surface area contributed by atoms with Crippen LogP contribution in [-0.2, 0) is 19.1 Å². The Kier molecular flexibility index (Phi) is 7.40. The number of nitrogens with two attached hydrogens (primary N) is 1. The lowest BCUT2D eigenvalue weighted by Gasteiger charge is -2.30. The van der Waals surface area contributed by atoms with E-state index < -0.39 is 24.1 Å². The van der Waals surface area contributed by atoms with Crippen molar-refractivity contribution in [3.8, 4) is 11.1 Å². The third-order valence-electron chi connectivity index (χ3n) is 7.30. The highest BCUT2D eigenvalue weighted by Crippen LogP contribution is 2.44. The van der Waals surface area contributed by atoms with Crippen LogP contribution in [0.15, 0.2) is 48.5 Å². The highest BCUT2D eigenvalue weighted by molar-refractivity contribution is 5.91. The standard InChI is InChI=1S/C27H33N3O5/c1-4-16(2)24(26(32)30-14-17(34-3)13-23(30)25(28)31)29-27(33)35-15-22-20-11-7-5-9-18(20)19-10-6-8-12-21(19)22/h5-12,16-17,22-24H,4,13-15H2,1-3H3,(H2,28,31)(H,29,33)/t16-,17-,23-,24-/m0/s1. The number of carbonyl (C=O) groups excluding carboxylic acids is 3. The molecule has 3 amide bonds. The summed E-state index contributed by atoms with van der Waals surface area (Å²) in [5, 5.41) is 2.76. The first-order valence-corrected chi connectivity index (χ1v) is 12.1. The SMILES string of the molecule is CC[C@H](C)[C@H](NC(=O)OCC1c2ccccc2-c2ccccc21)C(=O)N1C[C@@H](OC)C[C@H]1C(N)=O. The molecule has 4 atom stereocenters. The van der Waals surface area contributed by atoms with Gasteiger partial charge in [0.25, 0.3) is 0 Å². The second-order valence-electron chi connectivity index (χ2n) is 9.34. The number of benzene rings is 2. The topological polar surface area (TPSA) is 111 Å². The van der Waals surface area contributed by atoms with Crippen molar-refractivity contribution in [2.45, 2.75) is 50.8 Å². The van der Waals surface area contributed by atoms with Gasteiger partial charge >= 0.3 is 6.09 Å². The van der Waals surface area contributed by atoms with E-state index in [2.05, 4.69) is 29.6 Å². The highest BCUT2D eigenvalue weighted by Gasteiger charge is 2.42. The van der Waals surface area contributed by atoms with E-state index in [1.165, 1.54) is 12.0 Å². The predicted octanol–water partition coefficient (Wildman–Crippen LogP) is 3.04. The fourth-order valence-corrected chi connectivity index (χ4v) is 5.11. The first-order valence-electron chi connectivity index (χ1n) is 12.1. The molecule has 1 heterocycles. The lowest BCUT2D eigenvalue weighted by atomic mass is 9.97. The number of nitrogens with zero attached hydrogens (tertiary/aromatic N) is 1. The molecule has 0 radical (unpaired) electrons. The van der Waals surface area contributed by atoms with Gasteiger partial charge in [-0.1, -0.05) is 68.8 Å². The van der Waals surface area contributed by atoms with Crippen molar-refractivity contribution in [2.24, 2.45) is 11.7 Å². The Balaban J connectivity index is 1.46. The Hall–Kier alpha value is -3.39. The van der Waals surface area contributed by atoms with Crippen molar-refractivity contribution in [3.05, 3.63) is 59.7 Å². The fraction of sp³-hybridized carbons (Fsp3) is 0.444. The average molecular weight is 480 g/mol. The van der Waals surface area contributed by atoms with Gasteiger partial charge < -0.3 is 25.4 Å². The van der Waals surface area contributed by atoms with Crippen LogP contribution in [0, 0.1) is 5.92 Å². The number of nitrogens with one attached hydrogen (secondary N) is 1. The normalized spacial score (nSPS) is 20.6. The van der Waals surface area contributed by atoms with Crippen LogP contribution < -0.4 is 11.1 Å². The summed E-state index contributed by atoms with van der Waals surface area (Å²) in [6, 6.07) is 14.6. The summed E-state index contributed by atoms with van der Waals surface area (Å²) in [4.78, 5) is 39.7. The Labute approximate surface area is 205 Å². The largest absolute Gasteiger partial charge is 0.449 e. The number of ether oxygens (including phenoxy) is 2. The minimum Gasteiger partial charge on any atom is -0.449 e. The minimum absolute atomic E-state index is 0.0776. The lowest BCUT2D eigenvalue weighted by Crippen LogP contribution is -2.55. The molecule has 1 saturated heterocycles. The van der Waals surface area contributed by atoms with Crippen molar-refractivity contribution >= 4 is 17.9 Å². The zero-order valence-electron chi connectivity index (χ0n) is 20.4. The summed E-state index contributed by atoms with van der Waals surface area (Å²) in [5.41, 5.74) is 10.1. The molecule has 0 bridgehead atoms. The van der Waals surface area contributed by atoms with Crippen molar-refractivity contribution < 1.29 is 23.9 Å². The number of amides is 3. The predicted molar refractivity (Wildman–Crippen MR) is 132 cm³/mol. The van der Waals surface area contributed by atoms with Crippen LogP contribution in [-0.4, -0.2) is 61.3 Å². The molecule has 2 aliphatic rings. The molecular formula is C27H33N3O5. The maximum absolute atomic E-state index is 13.4. The Morgan fingerprint density at radius 2 is 1.69 bits per heavy atom. The number of primary amides is 1. The zero-order chi connectivity index (χ0) is 25.1. The smallest absolute Gasteiger partial charge is 0.407 e. The van der Waals surface area contributed by atoms with E-state index in [1.807, 2.05) is 38.1 Å². The molecule has 186 valence electrons. The van der Waals surface area contributed by atoms with Gasteiger partial charge in [-0.2, -0.15) is 0 Å². The van der Waals surface area contributed by atoms with Crippen LogP contribution in [0.3, 0.4) is 0 Å². The maximum Gasteiger partial charge on any atom is 0.407 e. The van der Waals surface area contributed by atoms with Gasteiger partial charge in [0.1, 0.15) is 18.7 Å². The monoisotopic (exact) mass is 479 g/mol. The Morgan fingerprint density at radius 1 is 1.09 bits per heavy atom. The van der Waals surface area contributed by atoms with E-state index >= 15 is 0 Å². The first-order chi connectivity index (χ1) is 16.8. The van der Waals surface area contributed by atoms with Crippen LogP contribution in [0.4, 0.5) is 4.79 Å². The van der Waals surface area contributed by atoms with E-state index in [4.69, 9.17) is 15.2 Å². The minimum atomic E-state index is -0.840. The third kappa shape index (κ3) is 4.89. The van der Waals surface area contributed by atoms with E-state index in [9.17, 15) is 14.4 Å². The first kappa shape index (κ1) is 24.7. The Morgan fingerprint density at radius 3 is 2.23 bits per heavy atom. The van der Waals surface area contributed by atoms with Gasteiger partial charge in [-0.3, -0.25) is 9.59 Å². The van der Waals surface area contributed by atoms with Gasteiger partial charge in [0, 0.05) is 26.0 Å². The van der Waals surface area contributed by atoms with Crippen LogP contribution >= 0.6 is 0 Å². The van der Waals surface area contributed by atoms with Crippen LogP contribution in [0.2, 0.25) is 0 Å². The van der Waals surface area contributed by atoms with Crippen LogP contribution in [0.1, 0.15) is 43.7 Å². The number of hydrogen-bond donors (Lipinski definition) is 2. The van der Waals surface area contributed by atoms with Gasteiger partial charge in [-0.05, 0) is 28.2 Å².